The molecule has 0 aliphatic carbocycles. The van der Waals surface area contributed by atoms with Gasteiger partial charge in [0.15, 0.2) is 0 Å². The van der Waals surface area contributed by atoms with Crippen LogP contribution in [0, 0.1) is 0 Å². The van der Waals surface area contributed by atoms with Crippen molar-refractivity contribution in [2.75, 3.05) is 6.54 Å². The predicted octanol–water partition coefficient (Wildman–Crippen LogP) is 3.12. The second-order valence-corrected chi connectivity index (χ2v) is 5.52. The fourth-order valence-electron chi connectivity index (χ4n) is 2.22. The Balaban J connectivity index is 1.59. The number of halogens is 2. The summed E-state index contributed by atoms with van der Waals surface area (Å²) < 4.78 is 5.76. The first-order chi connectivity index (χ1) is 10.1. The van der Waals surface area contributed by atoms with E-state index in [1.807, 2.05) is 24.3 Å². The highest BCUT2D eigenvalue weighted by atomic mass is 35.5. The molecular weight excluding hydrogens is 311 g/mol. The zero-order valence-corrected chi connectivity index (χ0v) is 12.5. The fourth-order valence-corrected chi connectivity index (χ4v) is 2.49. The number of hydrogen-bond acceptors (Lipinski definition) is 3. The largest absolute Gasteiger partial charge is 0.488 e. The van der Waals surface area contributed by atoms with Crippen LogP contribution in [0.25, 0.3) is 0 Å². The lowest BCUT2D eigenvalue weighted by Crippen LogP contribution is -2.34. The second-order valence-electron chi connectivity index (χ2n) is 4.76. The van der Waals surface area contributed by atoms with Crippen LogP contribution in [0.2, 0.25) is 10.2 Å². The van der Waals surface area contributed by atoms with E-state index in [0.29, 0.717) is 12.1 Å². The number of rotatable bonds is 3. The van der Waals surface area contributed by atoms with Gasteiger partial charge in [0.05, 0.1) is 17.1 Å². The highest BCUT2D eigenvalue weighted by Gasteiger charge is 2.22. The number of carbonyl (C=O) groups is 1. The zero-order chi connectivity index (χ0) is 14.8. The van der Waals surface area contributed by atoms with Gasteiger partial charge in [0.25, 0.3) is 5.91 Å². The van der Waals surface area contributed by atoms with Gasteiger partial charge in [0.2, 0.25) is 0 Å². The van der Waals surface area contributed by atoms with Crippen LogP contribution in [0.1, 0.15) is 15.9 Å². The van der Waals surface area contributed by atoms with E-state index in [1.165, 1.54) is 12.3 Å². The summed E-state index contributed by atoms with van der Waals surface area (Å²) in [7, 11) is 0. The topological polar surface area (TPSA) is 51.2 Å². The fraction of sp³-hybridized carbons (Fsp3) is 0.200. The Morgan fingerprint density at radius 1 is 1.38 bits per heavy atom. The average Bonchev–Trinajstić information content (AvgIpc) is 2.90. The molecular formula is C15H12Cl2N2O2. The van der Waals surface area contributed by atoms with Gasteiger partial charge >= 0.3 is 0 Å². The van der Waals surface area contributed by atoms with Gasteiger partial charge in [-0.15, -0.1) is 0 Å². The van der Waals surface area contributed by atoms with Gasteiger partial charge < -0.3 is 10.1 Å². The van der Waals surface area contributed by atoms with Crippen molar-refractivity contribution in [1.82, 2.24) is 10.3 Å². The molecule has 1 unspecified atom stereocenters. The highest BCUT2D eigenvalue weighted by Crippen LogP contribution is 2.27. The first-order valence-corrected chi connectivity index (χ1v) is 7.23. The number of fused-ring (bicyclic) bond motifs is 1. The molecule has 1 aromatic heterocycles. The van der Waals surface area contributed by atoms with Gasteiger partial charge in [-0.25, -0.2) is 4.98 Å². The number of ether oxygens (including phenoxy) is 1. The first-order valence-electron chi connectivity index (χ1n) is 6.47. The number of carbonyl (C=O) groups excluding carboxylic acids is 1. The van der Waals surface area contributed by atoms with Crippen molar-refractivity contribution in [2.24, 2.45) is 0 Å². The Labute approximate surface area is 132 Å². The number of para-hydroxylation sites is 1. The number of benzene rings is 1. The molecule has 1 aliphatic heterocycles. The van der Waals surface area contributed by atoms with Crippen molar-refractivity contribution >= 4 is 29.1 Å². The number of aromatic nitrogens is 1. The third-order valence-electron chi connectivity index (χ3n) is 3.26. The number of hydrogen-bond donors (Lipinski definition) is 1. The minimum atomic E-state index is -0.249. The zero-order valence-electron chi connectivity index (χ0n) is 11.0. The van der Waals surface area contributed by atoms with Crippen LogP contribution in [0.3, 0.4) is 0 Å². The van der Waals surface area contributed by atoms with E-state index in [-0.39, 0.29) is 22.2 Å². The molecule has 6 heteroatoms. The van der Waals surface area contributed by atoms with Crippen molar-refractivity contribution in [2.45, 2.75) is 12.5 Å². The lowest BCUT2D eigenvalue weighted by atomic mass is 10.1. The molecule has 0 radical (unpaired) electrons. The number of nitrogens with zero attached hydrogens (tertiary/aromatic N) is 1. The van der Waals surface area contributed by atoms with E-state index in [1.54, 1.807) is 0 Å². The van der Waals surface area contributed by atoms with Crippen LogP contribution in [0.15, 0.2) is 36.5 Å². The van der Waals surface area contributed by atoms with Crippen LogP contribution in [0.5, 0.6) is 5.75 Å². The van der Waals surface area contributed by atoms with Crippen LogP contribution < -0.4 is 10.1 Å². The summed E-state index contributed by atoms with van der Waals surface area (Å²) in [5, 5.41) is 3.26. The molecule has 21 heavy (non-hydrogen) atoms. The van der Waals surface area contributed by atoms with E-state index in [9.17, 15) is 4.79 Å². The third-order valence-corrected chi connectivity index (χ3v) is 3.95. The standard InChI is InChI=1S/C15H12Cl2N2O2/c16-12-6-10(7-18-14(12)17)15(20)19-8-11-5-9-3-1-2-4-13(9)21-11/h1-4,6-7,11H,5,8H2,(H,19,20). The monoisotopic (exact) mass is 322 g/mol. The van der Waals surface area contributed by atoms with Crippen LogP contribution in [0.4, 0.5) is 0 Å². The summed E-state index contributed by atoms with van der Waals surface area (Å²) in [6, 6.07) is 9.36. The molecule has 1 atom stereocenters. The molecule has 0 saturated carbocycles. The molecule has 0 saturated heterocycles. The maximum Gasteiger partial charge on any atom is 0.253 e. The molecule has 2 aromatic rings. The predicted molar refractivity (Wildman–Crippen MR) is 81.2 cm³/mol. The Morgan fingerprint density at radius 2 is 2.19 bits per heavy atom. The van der Waals surface area contributed by atoms with Gasteiger partial charge in [-0.1, -0.05) is 41.4 Å². The summed E-state index contributed by atoms with van der Waals surface area (Å²) >= 11 is 11.6. The lowest BCUT2D eigenvalue weighted by Gasteiger charge is -2.12. The molecule has 1 aliphatic rings. The molecule has 0 bridgehead atoms. The average molecular weight is 323 g/mol. The molecule has 4 nitrogen and oxygen atoms in total. The number of pyridine rings is 1. The number of nitrogens with one attached hydrogen (secondary N) is 1. The van der Waals surface area contributed by atoms with Gasteiger partial charge in [-0.3, -0.25) is 4.79 Å². The van der Waals surface area contributed by atoms with Gasteiger partial charge in [0.1, 0.15) is 17.0 Å². The lowest BCUT2D eigenvalue weighted by molar-refractivity contribution is 0.0933. The summed E-state index contributed by atoms with van der Waals surface area (Å²) in [4.78, 5) is 15.9. The molecule has 1 amide bonds. The third kappa shape index (κ3) is 3.12. The minimum absolute atomic E-state index is 0.0536. The van der Waals surface area contributed by atoms with E-state index in [0.717, 1.165) is 17.7 Å². The smallest absolute Gasteiger partial charge is 0.253 e. The molecule has 1 aromatic carbocycles. The van der Waals surface area contributed by atoms with Gasteiger partial charge in [0, 0.05) is 12.6 Å². The molecule has 0 spiro atoms. The van der Waals surface area contributed by atoms with Crippen molar-refractivity contribution in [3.05, 3.63) is 57.8 Å². The Kier molecular flexibility index (Phi) is 3.99. The van der Waals surface area contributed by atoms with Crippen molar-refractivity contribution < 1.29 is 9.53 Å². The van der Waals surface area contributed by atoms with Crippen molar-refractivity contribution in [1.29, 1.82) is 0 Å². The molecule has 3 rings (SSSR count). The summed E-state index contributed by atoms with van der Waals surface area (Å²) in [5.74, 6) is 0.633. The van der Waals surface area contributed by atoms with Gasteiger partial charge in [-0.05, 0) is 17.7 Å². The van der Waals surface area contributed by atoms with E-state index in [4.69, 9.17) is 27.9 Å². The second kappa shape index (κ2) is 5.92. The van der Waals surface area contributed by atoms with Crippen LogP contribution >= 0.6 is 23.2 Å². The Hall–Kier alpha value is -1.78. The highest BCUT2D eigenvalue weighted by molar-refractivity contribution is 6.41. The first kappa shape index (κ1) is 14.2. The summed E-state index contributed by atoms with van der Waals surface area (Å²) in [5.41, 5.74) is 1.54. The Morgan fingerprint density at radius 3 is 2.95 bits per heavy atom. The summed E-state index contributed by atoms with van der Waals surface area (Å²) in [6.07, 6.45) is 2.13. The molecule has 0 fully saturated rings. The Bertz CT molecular complexity index is 666. The maximum atomic E-state index is 12.0. The maximum absolute atomic E-state index is 12.0. The number of amides is 1. The molecule has 2 heterocycles. The van der Waals surface area contributed by atoms with E-state index >= 15 is 0 Å². The SMILES string of the molecule is O=C(NCC1Cc2ccccc2O1)c1cnc(Cl)c(Cl)c1. The normalized spacial score (nSPS) is 16.2. The van der Waals surface area contributed by atoms with E-state index in [2.05, 4.69) is 10.3 Å². The van der Waals surface area contributed by atoms with Gasteiger partial charge in [-0.2, -0.15) is 0 Å². The van der Waals surface area contributed by atoms with Crippen molar-refractivity contribution in [3.8, 4) is 5.75 Å². The quantitative estimate of drug-likeness (QED) is 0.883. The minimum Gasteiger partial charge on any atom is -0.488 e. The molecule has 108 valence electrons. The van der Waals surface area contributed by atoms with Crippen LogP contribution in [-0.4, -0.2) is 23.5 Å². The van der Waals surface area contributed by atoms with Crippen molar-refractivity contribution in [3.63, 3.8) is 0 Å². The van der Waals surface area contributed by atoms with E-state index < -0.39 is 0 Å². The molecule has 1 N–H and O–H groups in total. The summed E-state index contributed by atoms with van der Waals surface area (Å²) in [6.45, 7) is 0.424. The van der Waals surface area contributed by atoms with Crippen LogP contribution in [-0.2, 0) is 6.42 Å².